The highest BCUT2D eigenvalue weighted by Crippen LogP contribution is 2.29. The van der Waals surface area contributed by atoms with Gasteiger partial charge in [-0.05, 0) is 69.6 Å². The number of hydrogen-bond donors (Lipinski definition) is 1. The zero-order valence-electron chi connectivity index (χ0n) is 27.1. The summed E-state index contributed by atoms with van der Waals surface area (Å²) in [6.45, 7) is 11.0. The summed E-state index contributed by atoms with van der Waals surface area (Å²) in [7, 11) is 1.38. The van der Waals surface area contributed by atoms with Crippen molar-refractivity contribution >= 4 is 23.2 Å². The van der Waals surface area contributed by atoms with Crippen molar-refractivity contribution in [2.24, 2.45) is 16.8 Å². The van der Waals surface area contributed by atoms with Crippen molar-refractivity contribution in [2.45, 2.75) is 72.8 Å². The van der Waals surface area contributed by atoms with E-state index in [0.29, 0.717) is 24.4 Å². The van der Waals surface area contributed by atoms with E-state index < -0.39 is 11.6 Å². The summed E-state index contributed by atoms with van der Waals surface area (Å²) in [5, 5.41) is 3.85. The topological polar surface area (TPSA) is 113 Å². The monoisotopic (exact) mass is 635 g/mol. The molecule has 2 aromatic carbocycles. The van der Waals surface area contributed by atoms with Gasteiger partial charge in [-0.2, -0.15) is 0 Å². The van der Waals surface area contributed by atoms with E-state index >= 15 is 0 Å². The van der Waals surface area contributed by atoms with Gasteiger partial charge in [-0.3, -0.25) is 4.90 Å². The number of imidazole rings is 2. The van der Waals surface area contributed by atoms with Crippen molar-refractivity contribution in [1.82, 2.24) is 24.0 Å². The molecule has 12 heteroatoms. The van der Waals surface area contributed by atoms with Gasteiger partial charge in [0, 0.05) is 42.0 Å². The maximum absolute atomic E-state index is 13.8. The summed E-state index contributed by atoms with van der Waals surface area (Å²) in [6.07, 6.45) is 8.57. The summed E-state index contributed by atoms with van der Waals surface area (Å²) < 4.78 is 36.0. The van der Waals surface area contributed by atoms with Crippen molar-refractivity contribution < 1.29 is 23.1 Å². The smallest absolute Gasteiger partial charge is 0.337 e. The number of nitrogens with zero attached hydrogens (tertiary/aromatic N) is 6. The van der Waals surface area contributed by atoms with E-state index in [1.54, 1.807) is 12.1 Å². The highest BCUT2D eigenvalue weighted by molar-refractivity contribution is 5.93. The molecule has 0 saturated carbocycles. The second kappa shape index (κ2) is 16.1. The van der Waals surface area contributed by atoms with Gasteiger partial charge >= 0.3 is 5.97 Å². The van der Waals surface area contributed by atoms with E-state index in [1.165, 1.54) is 25.5 Å². The molecule has 4 aromatic rings. The second-order valence-electron chi connectivity index (χ2n) is 11.0. The van der Waals surface area contributed by atoms with Crippen LogP contribution in [0, 0.1) is 17.6 Å². The minimum absolute atomic E-state index is 0.110. The third kappa shape index (κ3) is 8.16. The van der Waals surface area contributed by atoms with Crippen molar-refractivity contribution in [3.05, 3.63) is 95.0 Å². The average Bonchev–Trinajstić information content (AvgIpc) is 3.66. The zero-order chi connectivity index (χ0) is 33.2. The SMILES string of the molecule is CC.CCn1cncc1Cn1c(CN2CCC(/C(N)=C/C=N/OCc3ccc(F)cc3F)CC2C)nc2ccc(C(=O)OC)cc21. The number of aryl methyl sites for hydroxylation is 1. The second-order valence-corrected chi connectivity index (χ2v) is 11.0. The number of likely N-dealkylation sites (tertiary alicyclic amines) is 1. The molecule has 0 amide bonds. The molecule has 1 aliphatic heterocycles. The molecule has 5 rings (SSSR count). The number of ether oxygens (including phenoxy) is 1. The third-order valence-corrected chi connectivity index (χ3v) is 8.17. The van der Waals surface area contributed by atoms with Gasteiger partial charge in [0.2, 0.25) is 0 Å². The Bertz CT molecular complexity index is 1680. The van der Waals surface area contributed by atoms with E-state index in [0.717, 1.165) is 54.5 Å². The number of halogens is 2. The number of oxime groups is 1. The number of fused-ring (bicyclic) bond motifs is 1. The molecule has 1 saturated heterocycles. The number of carbonyl (C=O) groups is 1. The number of methoxy groups -OCH3 is 1. The molecule has 2 unspecified atom stereocenters. The van der Waals surface area contributed by atoms with Crippen LogP contribution in [-0.4, -0.2) is 55.9 Å². The average molecular weight is 636 g/mol. The van der Waals surface area contributed by atoms with Crippen LogP contribution in [0.25, 0.3) is 11.0 Å². The molecule has 2 N–H and O–H groups in total. The third-order valence-electron chi connectivity index (χ3n) is 8.17. The summed E-state index contributed by atoms with van der Waals surface area (Å²) >= 11 is 0. The van der Waals surface area contributed by atoms with Gasteiger partial charge in [0.15, 0.2) is 0 Å². The standard InChI is InChI=1S/C32H37F2N7O3.C2H6/c1-4-39-20-36-16-26(39)17-41-30-14-23(32(42)43-3)6-8-29(30)38-31(41)18-40-12-10-22(13-21(40)2)28(35)9-11-37-44-19-24-5-7-25(33)15-27(24)34;1-2/h5-9,11,14-16,20-22H,4,10,12-13,17-19,35H2,1-3H3;1-2H3/b28-9-,37-11+;. The fourth-order valence-corrected chi connectivity index (χ4v) is 5.62. The summed E-state index contributed by atoms with van der Waals surface area (Å²) in [6, 6.07) is 8.99. The normalized spacial score (nSPS) is 17.2. The highest BCUT2D eigenvalue weighted by Gasteiger charge is 2.28. The molecule has 1 fully saturated rings. The molecule has 0 spiro atoms. The maximum Gasteiger partial charge on any atom is 0.337 e. The number of nitrogens with two attached hydrogens (primary N) is 1. The summed E-state index contributed by atoms with van der Waals surface area (Å²) in [5.41, 5.74) is 10.5. The highest BCUT2D eigenvalue weighted by atomic mass is 19.1. The lowest BCUT2D eigenvalue weighted by molar-refractivity contribution is 0.0601. The molecule has 46 heavy (non-hydrogen) atoms. The van der Waals surface area contributed by atoms with Gasteiger partial charge < -0.3 is 24.4 Å². The predicted octanol–water partition coefficient (Wildman–Crippen LogP) is 6.04. The molecular weight excluding hydrogens is 592 g/mol. The van der Waals surface area contributed by atoms with E-state index in [-0.39, 0.29) is 30.1 Å². The number of esters is 1. The van der Waals surface area contributed by atoms with Crippen LogP contribution >= 0.6 is 0 Å². The Labute approximate surface area is 268 Å². The van der Waals surface area contributed by atoms with Crippen molar-refractivity contribution in [2.75, 3.05) is 13.7 Å². The first kappa shape index (κ1) is 34.3. The van der Waals surface area contributed by atoms with Crippen LogP contribution in [0.4, 0.5) is 8.78 Å². The maximum atomic E-state index is 13.8. The Kier molecular flexibility index (Phi) is 12.0. The molecule has 2 atom stereocenters. The molecule has 3 heterocycles. The lowest BCUT2D eigenvalue weighted by Crippen LogP contribution is -2.42. The van der Waals surface area contributed by atoms with Crippen LogP contribution in [0.3, 0.4) is 0 Å². The van der Waals surface area contributed by atoms with Gasteiger partial charge in [-0.1, -0.05) is 19.0 Å². The number of benzene rings is 2. The Morgan fingerprint density at radius 1 is 1.17 bits per heavy atom. The Morgan fingerprint density at radius 3 is 2.70 bits per heavy atom. The predicted molar refractivity (Wildman–Crippen MR) is 174 cm³/mol. The minimum Gasteiger partial charge on any atom is -0.465 e. The molecule has 0 radical (unpaired) electrons. The lowest BCUT2D eigenvalue weighted by atomic mass is 9.89. The van der Waals surface area contributed by atoms with E-state index in [4.69, 9.17) is 20.3 Å². The first-order chi connectivity index (χ1) is 22.3. The van der Waals surface area contributed by atoms with Crippen molar-refractivity contribution in [3.63, 3.8) is 0 Å². The van der Waals surface area contributed by atoms with Gasteiger partial charge in [0.1, 0.15) is 24.1 Å². The minimum atomic E-state index is -0.676. The van der Waals surface area contributed by atoms with Gasteiger partial charge in [-0.25, -0.2) is 23.5 Å². The molecule has 1 aliphatic rings. The molecule has 0 aliphatic carbocycles. The summed E-state index contributed by atoms with van der Waals surface area (Å²) in [4.78, 5) is 29.1. The Hall–Kier alpha value is -4.58. The van der Waals surface area contributed by atoms with E-state index in [9.17, 15) is 13.6 Å². The zero-order valence-corrected chi connectivity index (χ0v) is 27.1. The number of allylic oxidation sites excluding steroid dienone is 2. The molecule has 10 nitrogen and oxygen atoms in total. The van der Waals surface area contributed by atoms with Gasteiger partial charge in [-0.15, -0.1) is 0 Å². The molecule has 2 aromatic heterocycles. The molecule has 0 bridgehead atoms. The van der Waals surface area contributed by atoms with Crippen LogP contribution < -0.4 is 5.73 Å². The Morgan fingerprint density at radius 2 is 1.98 bits per heavy atom. The number of hydrogen-bond acceptors (Lipinski definition) is 8. The number of rotatable bonds is 11. The van der Waals surface area contributed by atoms with Gasteiger partial charge in [0.05, 0.1) is 55.0 Å². The fraction of sp³-hybridized carbons (Fsp3) is 0.412. The summed E-state index contributed by atoms with van der Waals surface area (Å²) in [5.74, 6) is -0.632. The van der Waals surface area contributed by atoms with E-state index in [2.05, 4.69) is 38.0 Å². The lowest BCUT2D eigenvalue weighted by Gasteiger charge is -2.37. The van der Waals surface area contributed by atoms with Crippen LogP contribution in [0.1, 0.15) is 68.0 Å². The number of aromatic nitrogens is 4. The van der Waals surface area contributed by atoms with Crippen molar-refractivity contribution in [1.29, 1.82) is 0 Å². The van der Waals surface area contributed by atoms with E-state index in [1.807, 2.05) is 38.5 Å². The van der Waals surface area contributed by atoms with Crippen molar-refractivity contribution in [3.8, 4) is 0 Å². The molecular formula is C34H43F2N7O3. The Balaban J connectivity index is 0.00000235. The van der Waals surface area contributed by atoms with Crippen LogP contribution in [0.5, 0.6) is 0 Å². The van der Waals surface area contributed by atoms with Crippen LogP contribution in [0.2, 0.25) is 0 Å². The number of piperidine rings is 1. The fourth-order valence-electron chi connectivity index (χ4n) is 5.62. The first-order valence-electron chi connectivity index (χ1n) is 15.6. The van der Waals surface area contributed by atoms with Gasteiger partial charge in [0.25, 0.3) is 0 Å². The van der Waals surface area contributed by atoms with Crippen LogP contribution in [-0.2, 0) is 35.8 Å². The largest absolute Gasteiger partial charge is 0.465 e. The molecule has 246 valence electrons. The first-order valence-corrected chi connectivity index (χ1v) is 15.6. The number of carbonyl (C=O) groups excluding carboxylic acids is 1. The van der Waals surface area contributed by atoms with Crippen LogP contribution in [0.15, 0.2) is 65.9 Å². The quantitative estimate of drug-likeness (QED) is 0.122.